The Labute approximate surface area is 231 Å². The van der Waals surface area contributed by atoms with Gasteiger partial charge in [-0.05, 0) is 47.5 Å². The van der Waals surface area contributed by atoms with Crippen LogP contribution in [-0.4, -0.2) is 28.1 Å². The third kappa shape index (κ3) is 5.66. The summed E-state index contributed by atoms with van der Waals surface area (Å²) in [5, 5.41) is 3.97. The van der Waals surface area contributed by atoms with Gasteiger partial charge in [-0.3, -0.25) is 9.59 Å². The van der Waals surface area contributed by atoms with E-state index in [4.69, 9.17) is 74.3 Å². The largest absolute Gasteiger partial charge is 0.481 e. The molecule has 5 nitrogen and oxygen atoms in total. The lowest BCUT2D eigenvalue weighted by Gasteiger charge is -2.10. The molecule has 1 N–H and O–H groups in total. The van der Waals surface area contributed by atoms with Gasteiger partial charge < -0.3 is 10.1 Å². The average molecular weight is 593 g/mol. The Balaban J connectivity index is 1.51. The van der Waals surface area contributed by atoms with E-state index in [0.717, 1.165) is 0 Å². The van der Waals surface area contributed by atoms with Crippen molar-refractivity contribution in [2.24, 2.45) is 5.92 Å². The first kappa shape index (κ1) is 26.3. The van der Waals surface area contributed by atoms with E-state index in [1.807, 2.05) is 0 Å². The summed E-state index contributed by atoms with van der Waals surface area (Å²) in [7, 11) is 1.47. The molecule has 0 spiro atoms. The lowest BCUT2D eigenvalue weighted by Crippen LogP contribution is -2.17. The molecule has 1 aromatic heterocycles. The Morgan fingerprint density at radius 3 is 2.31 bits per heavy atom. The van der Waals surface area contributed by atoms with Crippen LogP contribution in [0.25, 0.3) is 0 Å². The molecule has 4 rings (SSSR count). The highest BCUT2D eigenvalue weighted by molar-refractivity contribution is 6.53. The van der Waals surface area contributed by atoms with E-state index >= 15 is 0 Å². The molecule has 0 saturated heterocycles. The number of rotatable bonds is 7. The van der Waals surface area contributed by atoms with Crippen molar-refractivity contribution in [3.63, 3.8) is 0 Å². The SMILES string of the molecule is COc1ccc(CC(=O)c2cc(NC(=O)C3C(c4cc(Cl)cc(Cl)c4)C3(Cl)Cl)ccc2Cl)c(Cl)n1. The summed E-state index contributed by atoms with van der Waals surface area (Å²) in [6.45, 7) is 0. The molecule has 35 heavy (non-hydrogen) atoms. The molecule has 1 saturated carbocycles. The number of ketones is 1. The van der Waals surface area contributed by atoms with Crippen LogP contribution in [0.1, 0.15) is 27.4 Å². The number of hydrogen-bond donors (Lipinski definition) is 1. The van der Waals surface area contributed by atoms with Crippen molar-refractivity contribution in [2.75, 3.05) is 12.4 Å². The fourth-order valence-electron chi connectivity index (χ4n) is 3.82. The highest BCUT2D eigenvalue weighted by Crippen LogP contribution is 2.65. The first-order chi connectivity index (χ1) is 16.5. The topological polar surface area (TPSA) is 68.3 Å². The summed E-state index contributed by atoms with van der Waals surface area (Å²) in [6, 6.07) is 12.8. The number of anilines is 1. The van der Waals surface area contributed by atoms with Gasteiger partial charge in [0.15, 0.2) is 5.78 Å². The number of aromatic nitrogens is 1. The Kier molecular flexibility index (Phi) is 7.77. The van der Waals surface area contributed by atoms with E-state index in [2.05, 4.69) is 10.3 Å². The Hall–Kier alpha value is -1.73. The van der Waals surface area contributed by atoms with Crippen molar-refractivity contribution in [1.82, 2.24) is 4.98 Å². The maximum absolute atomic E-state index is 13.0. The molecule has 1 heterocycles. The van der Waals surface area contributed by atoms with Gasteiger partial charge in [0.1, 0.15) is 9.49 Å². The summed E-state index contributed by atoms with van der Waals surface area (Å²) >= 11 is 37.4. The highest BCUT2D eigenvalue weighted by atomic mass is 35.5. The van der Waals surface area contributed by atoms with Gasteiger partial charge in [0, 0.05) is 39.7 Å². The molecule has 11 heteroatoms. The maximum Gasteiger partial charge on any atom is 0.231 e. The van der Waals surface area contributed by atoms with Gasteiger partial charge in [0.05, 0.1) is 18.1 Å². The molecule has 3 aromatic rings. The summed E-state index contributed by atoms with van der Waals surface area (Å²) in [5.74, 6) is -1.64. The van der Waals surface area contributed by atoms with Crippen LogP contribution in [0.4, 0.5) is 5.69 Å². The van der Waals surface area contributed by atoms with Crippen molar-refractivity contribution in [3.05, 3.63) is 85.4 Å². The minimum absolute atomic E-state index is 0.0420. The summed E-state index contributed by atoms with van der Waals surface area (Å²) in [5.41, 5.74) is 1.75. The minimum atomic E-state index is -1.33. The van der Waals surface area contributed by atoms with Gasteiger partial charge in [-0.15, -0.1) is 23.2 Å². The molecule has 2 atom stereocenters. The van der Waals surface area contributed by atoms with Crippen molar-refractivity contribution in [2.45, 2.75) is 16.7 Å². The molecular weight excluding hydrogens is 577 g/mol. The van der Waals surface area contributed by atoms with E-state index < -0.39 is 22.1 Å². The number of carbonyl (C=O) groups is 2. The number of carbonyl (C=O) groups excluding carboxylic acids is 2. The Morgan fingerprint density at radius 2 is 1.69 bits per heavy atom. The van der Waals surface area contributed by atoms with Crippen molar-refractivity contribution < 1.29 is 14.3 Å². The second-order valence-corrected chi connectivity index (χ2v) is 11.0. The fourth-order valence-corrected chi connectivity index (χ4v) is 5.63. The predicted octanol–water partition coefficient (Wildman–Crippen LogP) is 7.66. The van der Waals surface area contributed by atoms with Crippen LogP contribution in [-0.2, 0) is 11.2 Å². The van der Waals surface area contributed by atoms with Gasteiger partial charge >= 0.3 is 0 Å². The van der Waals surface area contributed by atoms with Gasteiger partial charge in [-0.2, -0.15) is 0 Å². The molecule has 2 aromatic carbocycles. The number of halogens is 6. The molecule has 0 bridgehead atoms. The van der Waals surface area contributed by atoms with Gasteiger partial charge in [0.2, 0.25) is 11.8 Å². The molecule has 1 fully saturated rings. The molecule has 182 valence electrons. The number of pyridine rings is 1. The maximum atomic E-state index is 13.0. The zero-order valence-corrected chi connectivity index (χ0v) is 22.5. The van der Waals surface area contributed by atoms with Crippen LogP contribution >= 0.6 is 69.6 Å². The van der Waals surface area contributed by atoms with E-state index in [-0.39, 0.29) is 27.9 Å². The van der Waals surface area contributed by atoms with Crippen LogP contribution in [0.3, 0.4) is 0 Å². The number of nitrogens with zero attached hydrogens (tertiary/aromatic N) is 1. The second-order valence-electron chi connectivity index (χ2n) is 7.92. The Morgan fingerprint density at radius 1 is 1.00 bits per heavy atom. The summed E-state index contributed by atoms with van der Waals surface area (Å²) < 4.78 is 3.69. The number of hydrogen-bond acceptors (Lipinski definition) is 4. The standard InChI is InChI=1S/C24H16Cl6N2O3/c1-35-19-5-2-11(22(28)32-19)8-18(33)16-10-15(3-4-17(16)27)31-23(34)21-20(24(21,29)30)12-6-13(25)9-14(26)7-12/h2-7,9-10,20-21H,8H2,1H3,(H,31,34). The van der Waals surface area contributed by atoms with Crippen molar-refractivity contribution >= 4 is 87.0 Å². The van der Waals surface area contributed by atoms with Crippen LogP contribution < -0.4 is 10.1 Å². The van der Waals surface area contributed by atoms with E-state index in [1.54, 1.807) is 36.4 Å². The zero-order valence-electron chi connectivity index (χ0n) is 17.9. The molecule has 2 unspecified atom stereocenters. The lowest BCUT2D eigenvalue weighted by molar-refractivity contribution is -0.117. The van der Waals surface area contributed by atoms with Gasteiger partial charge in [-0.1, -0.05) is 52.5 Å². The normalized spacial score (nSPS) is 18.1. The third-order valence-electron chi connectivity index (χ3n) is 5.57. The number of alkyl halides is 2. The third-order valence-corrected chi connectivity index (χ3v) is 7.61. The molecule has 0 radical (unpaired) electrons. The van der Waals surface area contributed by atoms with Crippen LogP contribution in [0.15, 0.2) is 48.5 Å². The number of methoxy groups -OCH3 is 1. The molecular formula is C24H16Cl6N2O3. The van der Waals surface area contributed by atoms with Crippen molar-refractivity contribution in [3.8, 4) is 5.88 Å². The average Bonchev–Trinajstić information content (AvgIpc) is 3.37. The minimum Gasteiger partial charge on any atom is -0.481 e. The molecule has 1 aliphatic rings. The molecule has 1 amide bonds. The quantitative estimate of drug-likeness (QED) is 0.174. The van der Waals surface area contributed by atoms with E-state index in [1.165, 1.54) is 19.2 Å². The van der Waals surface area contributed by atoms with E-state index in [0.29, 0.717) is 32.7 Å². The van der Waals surface area contributed by atoms with Crippen molar-refractivity contribution in [1.29, 1.82) is 0 Å². The Bertz CT molecular complexity index is 1310. The van der Waals surface area contributed by atoms with Crippen LogP contribution in [0.5, 0.6) is 5.88 Å². The predicted molar refractivity (Wildman–Crippen MR) is 141 cm³/mol. The monoisotopic (exact) mass is 590 g/mol. The number of ether oxygens (including phenoxy) is 1. The number of Topliss-reactive ketones (excluding diaryl/α,β-unsaturated/α-hetero) is 1. The zero-order chi connectivity index (χ0) is 25.5. The number of amides is 1. The first-order valence-electron chi connectivity index (χ1n) is 10.2. The van der Waals surface area contributed by atoms with Gasteiger partial charge in [-0.25, -0.2) is 4.98 Å². The fraction of sp³-hybridized carbons (Fsp3) is 0.208. The number of nitrogens with one attached hydrogen (secondary N) is 1. The lowest BCUT2D eigenvalue weighted by atomic mass is 10.0. The first-order valence-corrected chi connectivity index (χ1v) is 12.4. The number of benzene rings is 2. The van der Waals surface area contributed by atoms with E-state index in [9.17, 15) is 9.59 Å². The summed E-state index contributed by atoms with van der Waals surface area (Å²) in [4.78, 5) is 30.0. The highest BCUT2D eigenvalue weighted by Gasteiger charge is 2.67. The molecule has 1 aliphatic carbocycles. The molecule has 0 aliphatic heterocycles. The smallest absolute Gasteiger partial charge is 0.231 e. The van der Waals surface area contributed by atoms with Gasteiger partial charge in [0.25, 0.3) is 0 Å². The van der Waals surface area contributed by atoms with Crippen LogP contribution in [0, 0.1) is 5.92 Å². The summed E-state index contributed by atoms with van der Waals surface area (Å²) in [6.07, 6.45) is -0.0420. The van der Waals surface area contributed by atoms with Crippen LogP contribution in [0.2, 0.25) is 20.2 Å². The second kappa shape index (κ2) is 10.3.